The molecule has 130 valence electrons. The molecule has 0 saturated carbocycles. The van der Waals surface area contributed by atoms with Crippen LogP contribution in [0.4, 0.5) is 4.39 Å². The standard InChI is InChI=1S/C20H15FN2OS2/c21-15-8-6-14(7-9-15)12-23-19(24)17-11-16(26-18(17)22-20(23)25)10-13-4-2-1-3-5-13/h1-9,11H,10,12H2,(H,22,25). The van der Waals surface area contributed by atoms with Crippen LogP contribution in [0.15, 0.2) is 65.5 Å². The summed E-state index contributed by atoms with van der Waals surface area (Å²) in [5, 5.41) is 0.636. The summed E-state index contributed by atoms with van der Waals surface area (Å²) < 4.78 is 15.0. The van der Waals surface area contributed by atoms with Crippen molar-refractivity contribution < 1.29 is 4.39 Å². The Morgan fingerprint density at radius 2 is 1.77 bits per heavy atom. The average Bonchev–Trinajstić information content (AvgIpc) is 3.03. The molecule has 4 rings (SSSR count). The fourth-order valence-electron chi connectivity index (χ4n) is 2.90. The normalized spacial score (nSPS) is 11.1. The molecule has 0 bridgehead atoms. The molecule has 3 nitrogen and oxygen atoms in total. The topological polar surface area (TPSA) is 37.8 Å². The summed E-state index contributed by atoms with van der Waals surface area (Å²) in [5.74, 6) is -0.301. The maximum atomic E-state index is 13.1. The Morgan fingerprint density at radius 1 is 1.04 bits per heavy atom. The van der Waals surface area contributed by atoms with Crippen LogP contribution >= 0.6 is 23.6 Å². The Kier molecular flexibility index (Phi) is 4.53. The van der Waals surface area contributed by atoms with E-state index >= 15 is 0 Å². The summed E-state index contributed by atoms with van der Waals surface area (Å²) >= 11 is 6.92. The Labute approximate surface area is 158 Å². The number of fused-ring (bicyclic) bond motifs is 1. The smallest absolute Gasteiger partial charge is 0.263 e. The molecule has 0 spiro atoms. The monoisotopic (exact) mass is 382 g/mol. The minimum atomic E-state index is -0.301. The van der Waals surface area contributed by atoms with E-state index in [-0.39, 0.29) is 11.4 Å². The fraction of sp³-hybridized carbons (Fsp3) is 0.100. The van der Waals surface area contributed by atoms with Gasteiger partial charge in [0.15, 0.2) is 4.77 Å². The molecule has 26 heavy (non-hydrogen) atoms. The minimum Gasteiger partial charge on any atom is -0.323 e. The predicted molar refractivity (Wildman–Crippen MR) is 106 cm³/mol. The highest BCUT2D eigenvalue weighted by atomic mass is 32.1. The van der Waals surface area contributed by atoms with Crippen LogP contribution in [0.2, 0.25) is 0 Å². The second-order valence-electron chi connectivity index (χ2n) is 6.07. The number of aromatic amines is 1. The van der Waals surface area contributed by atoms with Crippen LogP contribution < -0.4 is 5.56 Å². The highest BCUT2D eigenvalue weighted by molar-refractivity contribution is 7.71. The van der Waals surface area contributed by atoms with Gasteiger partial charge >= 0.3 is 0 Å². The summed E-state index contributed by atoms with van der Waals surface area (Å²) in [5.41, 5.74) is 1.90. The van der Waals surface area contributed by atoms with E-state index in [1.54, 1.807) is 23.5 Å². The molecule has 0 aliphatic rings. The average molecular weight is 382 g/mol. The lowest BCUT2D eigenvalue weighted by atomic mass is 10.1. The molecule has 4 aromatic rings. The van der Waals surface area contributed by atoms with E-state index < -0.39 is 0 Å². The van der Waals surface area contributed by atoms with E-state index in [0.29, 0.717) is 16.7 Å². The quantitative estimate of drug-likeness (QED) is 0.510. The number of nitrogens with one attached hydrogen (secondary N) is 1. The SMILES string of the molecule is O=c1c2cc(Cc3ccccc3)sc2[nH]c(=S)n1Cc1ccc(F)cc1. The summed E-state index contributed by atoms with van der Waals surface area (Å²) in [6.07, 6.45) is 0.776. The van der Waals surface area contributed by atoms with Gasteiger partial charge in [-0.05, 0) is 41.5 Å². The van der Waals surface area contributed by atoms with E-state index in [9.17, 15) is 9.18 Å². The first-order valence-corrected chi connectivity index (χ1v) is 9.36. The summed E-state index contributed by atoms with van der Waals surface area (Å²) in [6, 6.07) is 18.2. The van der Waals surface area contributed by atoms with Gasteiger partial charge in [0.25, 0.3) is 5.56 Å². The molecule has 0 radical (unpaired) electrons. The molecular formula is C20H15FN2OS2. The van der Waals surface area contributed by atoms with Gasteiger partial charge in [-0.1, -0.05) is 42.5 Å². The molecule has 0 atom stereocenters. The number of H-pyrrole nitrogens is 1. The van der Waals surface area contributed by atoms with Crippen molar-refractivity contribution in [3.8, 4) is 0 Å². The van der Waals surface area contributed by atoms with Crippen LogP contribution in [0.3, 0.4) is 0 Å². The van der Waals surface area contributed by atoms with Gasteiger partial charge in [-0.15, -0.1) is 11.3 Å². The molecule has 2 aromatic carbocycles. The Balaban J connectivity index is 1.72. The lowest BCUT2D eigenvalue weighted by Gasteiger charge is -2.06. The summed E-state index contributed by atoms with van der Waals surface area (Å²) in [4.78, 5) is 18.0. The van der Waals surface area contributed by atoms with Gasteiger partial charge in [0, 0.05) is 11.3 Å². The first-order chi connectivity index (χ1) is 12.6. The molecule has 0 saturated heterocycles. The first-order valence-electron chi connectivity index (χ1n) is 8.14. The van der Waals surface area contributed by atoms with Gasteiger partial charge in [-0.2, -0.15) is 0 Å². The molecule has 1 N–H and O–H groups in total. The Morgan fingerprint density at radius 3 is 2.50 bits per heavy atom. The van der Waals surface area contributed by atoms with E-state index in [1.807, 2.05) is 24.3 Å². The third-order valence-corrected chi connectivity index (χ3v) is 5.57. The van der Waals surface area contributed by atoms with E-state index in [2.05, 4.69) is 17.1 Å². The molecule has 0 unspecified atom stereocenters. The molecule has 2 heterocycles. The molecule has 0 amide bonds. The van der Waals surface area contributed by atoms with Crippen molar-refractivity contribution in [1.29, 1.82) is 0 Å². The van der Waals surface area contributed by atoms with E-state index in [1.165, 1.54) is 22.3 Å². The number of rotatable bonds is 4. The van der Waals surface area contributed by atoms with Crippen LogP contribution in [-0.2, 0) is 13.0 Å². The number of thiophene rings is 1. The highest BCUT2D eigenvalue weighted by Gasteiger charge is 2.11. The van der Waals surface area contributed by atoms with Gasteiger partial charge in [-0.3, -0.25) is 9.36 Å². The van der Waals surface area contributed by atoms with Crippen LogP contribution in [0.25, 0.3) is 10.2 Å². The van der Waals surface area contributed by atoms with Crippen molar-refractivity contribution in [2.75, 3.05) is 0 Å². The van der Waals surface area contributed by atoms with Crippen LogP contribution in [0.5, 0.6) is 0 Å². The predicted octanol–water partition coefficient (Wildman–Crippen LogP) is 4.90. The van der Waals surface area contributed by atoms with Gasteiger partial charge in [-0.25, -0.2) is 4.39 Å². The third kappa shape index (κ3) is 3.38. The number of aromatic nitrogens is 2. The lowest BCUT2D eigenvalue weighted by molar-refractivity contribution is 0.625. The van der Waals surface area contributed by atoms with Gasteiger partial charge < -0.3 is 4.98 Å². The first kappa shape index (κ1) is 16.9. The zero-order valence-electron chi connectivity index (χ0n) is 13.7. The van der Waals surface area contributed by atoms with Crippen LogP contribution in [0, 0.1) is 10.6 Å². The van der Waals surface area contributed by atoms with Crippen molar-refractivity contribution in [1.82, 2.24) is 9.55 Å². The minimum absolute atomic E-state index is 0.122. The molecule has 2 aromatic heterocycles. The number of benzene rings is 2. The van der Waals surface area contributed by atoms with Crippen molar-refractivity contribution in [3.05, 3.63) is 97.6 Å². The van der Waals surface area contributed by atoms with Crippen molar-refractivity contribution in [3.63, 3.8) is 0 Å². The Bertz CT molecular complexity index is 1170. The van der Waals surface area contributed by atoms with Crippen molar-refractivity contribution >= 4 is 33.8 Å². The van der Waals surface area contributed by atoms with Gasteiger partial charge in [0.2, 0.25) is 0 Å². The fourth-order valence-corrected chi connectivity index (χ4v) is 4.29. The summed E-state index contributed by atoms with van der Waals surface area (Å²) in [6.45, 7) is 0.314. The maximum Gasteiger partial charge on any atom is 0.263 e. The van der Waals surface area contributed by atoms with E-state index in [0.717, 1.165) is 21.7 Å². The number of hydrogen-bond acceptors (Lipinski definition) is 3. The molecule has 0 aliphatic carbocycles. The largest absolute Gasteiger partial charge is 0.323 e. The zero-order valence-corrected chi connectivity index (χ0v) is 15.4. The zero-order chi connectivity index (χ0) is 18.1. The summed E-state index contributed by atoms with van der Waals surface area (Å²) in [7, 11) is 0. The lowest BCUT2D eigenvalue weighted by Crippen LogP contribution is -2.22. The van der Waals surface area contributed by atoms with E-state index in [4.69, 9.17) is 12.2 Å². The van der Waals surface area contributed by atoms with Crippen molar-refractivity contribution in [2.24, 2.45) is 0 Å². The molecule has 0 fully saturated rings. The maximum absolute atomic E-state index is 13.1. The Hall–Kier alpha value is -2.57. The van der Waals surface area contributed by atoms with Crippen LogP contribution in [-0.4, -0.2) is 9.55 Å². The van der Waals surface area contributed by atoms with Gasteiger partial charge in [0.05, 0.1) is 11.9 Å². The number of hydrogen-bond donors (Lipinski definition) is 1. The van der Waals surface area contributed by atoms with Crippen LogP contribution in [0.1, 0.15) is 16.0 Å². The second-order valence-corrected chi connectivity index (χ2v) is 7.59. The molecule has 0 aliphatic heterocycles. The van der Waals surface area contributed by atoms with Crippen molar-refractivity contribution in [2.45, 2.75) is 13.0 Å². The second kappa shape index (κ2) is 6.97. The molecular weight excluding hydrogens is 367 g/mol. The number of halogens is 1. The highest BCUT2D eigenvalue weighted by Crippen LogP contribution is 2.24. The third-order valence-electron chi connectivity index (χ3n) is 4.20. The van der Waals surface area contributed by atoms with Gasteiger partial charge in [0.1, 0.15) is 10.6 Å². The molecule has 6 heteroatoms. The number of nitrogens with zero attached hydrogens (tertiary/aromatic N) is 1.